The van der Waals surface area contributed by atoms with E-state index in [0.717, 1.165) is 64.5 Å². The lowest BCUT2D eigenvalue weighted by Gasteiger charge is -2.20. The molecule has 142 valence electrons. The Morgan fingerprint density at radius 1 is 0.708 bits per heavy atom. The maximum absolute atomic E-state index is 11.0. The number of carboxylic acid groups (broad SMARTS) is 2. The molecule has 0 radical (unpaired) electrons. The van der Waals surface area contributed by atoms with Crippen LogP contribution in [0.25, 0.3) is 0 Å². The SMILES string of the molecule is CN(CCCCCC(C)(C)C(=O)O)CCCCCC(C)(C)C(=O)O. The molecular weight excluding hydrogens is 306 g/mol. The van der Waals surface area contributed by atoms with Gasteiger partial charge < -0.3 is 15.1 Å². The van der Waals surface area contributed by atoms with Gasteiger partial charge in [-0.05, 0) is 73.5 Å². The molecular formula is C19H37NO4. The monoisotopic (exact) mass is 343 g/mol. The number of hydrogen-bond donors (Lipinski definition) is 2. The fourth-order valence-corrected chi connectivity index (χ4v) is 2.58. The second kappa shape index (κ2) is 10.7. The van der Waals surface area contributed by atoms with E-state index in [2.05, 4.69) is 11.9 Å². The summed E-state index contributed by atoms with van der Waals surface area (Å²) in [6, 6.07) is 0. The molecule has 2 N–H and O–H groups in total. The van der Waals surface area contributed by atoms with E-state index < -0.39 is 22.8 Å². The summed E-state index contributed by atoms with van der Waals surface area (Å²) in [4.78, 5) is 24.4. The molecule has 0 atom stereocenters. The van der Waals surface area contributed by atoms with Gasteiger partial charge in [0, 0.05) is 0 Å². The predicted octanol–water partition coefficient (Wildman–Crippen LogP) is 4.26. The minimum absolute atomic E-state index is 0.615. The van der Waals surface area contributed by atoms with E-state index in [-0.39, 0.29) is 0 Å². The summed E-state index contributed by atoms with van der Waals surface area (Å²) in [6.45, 7) is 9.21. The van der Waals surface area contributed by atoms with Crippen LogP contribution in [0.4, 0.5) is 0 Å². The van der Waals surface area contributed by atoms with E-state index in [1.807, 2.05) is 0 Å². The smallest absolute Gasteiger partial charge is 0.309 e. The number of carboxylic acids is 2. The maximum atomic E-state index is 11.0. The zero-order valence-electron chi connectivity index (χ0n) is 16.2. The Balaban J connectivity index is 3.63. The summed E-state index contributed by atoms with van der Waals surface area (Å²) in [5, 5.41) is 18.1. The highest BCUT2D eigenvalue weighted by atomic mass is 16.4. The number of carbonyl (C=O) groups is 2. The Labute approximate surface area is 147 Å². The van der Waals surface area contributed by atoms with Gasteiger partial charge in [0.2, 0.25) is 0 Å². The molecule has 0 spiro atoms. The Bertz CT molecular complexity index is 355. The third-order valence-corrected chi connectivity index (χ3v) is 4.84. The molecule has 0 amide bonds. The topological polar surface area (TPSA) is 77.8 Å². The van der Waals surface area contributed by atoms with E-state index >= 15 is 0 Å². The van der Waals surface area contributed by atoms with Crippen LogP contribution in [-0.2, 0) is 9.59 Å². The molecule has 0 aromatic heterocycles. The first-order chi connectivity index (χ1) is 11.0. The summed E-state index contributed by atoms with van der Waals surface area (Å²) < 4.78 is 0. The second-order valence-electron chi connectivity index (χ2n) is 8.30. The number of hydrogen-bond acceptors (Lipinski definition) is 3. The van der Waals surface area contributed by atoms with Crippen molar-refractivity contribution in [2.24, 2.45) is 10.8 Å². The zero-order valence-corrected chi connectivity index (χ0v) is 16.2. The standard InChI is InChI=1S/C19H37NO4/c1-18(2,16(21)22)12-8-6-10-14-20(5)15-11-7-9-13-19(3,4)17(23)24/h6-15H2,1-5H3,(H,21,22)(H,23,24). The van der Waals surface area contributed by atoms with Gasteiger partial charge in [-0.1, -0.05) is 25.7 Å². The molecule has 0 saturated carbocycles. The number of unbranched alkanes of at least 4 members (excludes halogenated alkanes) is 4. The highest BCUT2D eigenvalue weighted by molar-refractivity contribution is 5.73. The van der Waals surface area contributed by atoms with Crippen LogP contribution in [-0.4, -0.2) is 47.2 Å². The maximum Gasteiger partial charge on any atom is 0.309 e. The lowest BCUT2D eigenvalue weighted by atomic mass is 9.87. The lowest BCUT2D eigenvalue weighted by Crippen LogP contribution is -2.24. The van der Waals surface area contributed by atoms with Crippen molar-refractivity contribution in [3.05, 3.63) is 0 Å². The Morgan fingerprint density at radius 2 is 1.04 bits per heavy atom. The summed E-state index contributed by atoms with van der Waals surface area (Å²) >= 11 is 0. The third-order valence-electron chi connectivity index (χ3n) is 4.84. The minimum atomic E-state index is -0.717. The molecule has 0 aliphatic rings. The molecule has 0 aromatic rings. The van der Waals surface area contributed by atoms with Gasteiger partial charge in [-0.25, -0.2) is 0 Å². The van der Waals surface area contributed by atoms with E-state index in [9.17, 15) is 9.59 Å². The van der Waals surface area contributed by atoms with E-state index in [0.29, 0.717) is 0 Å². The van der Waals surface area contributed by atoms with Gasteiger partial charge in [-0.3, -0.25) is 9.59 Å². The predicted molar refractivity (Wildman–Crippen MR) is 97.3 cm³/mol. The molecule has 0 saturated heterocycles. The Kier molecular flexibility index (Phi) is 10.2. The van der Waals surface area contributed by atoms with Gasteiger partial charge >= 0.3 is 11.9 Å². The summed E-state index contributed by atoms with van der Waals surface area (Å²) in [7, 11) is 2.11. The summed E-state index contributed by atoms with van der Waals surface area (Å²) in [5.41, 5.74) is -1.23. The average Bonchev–Trinajstić information content (AvgIpc) is 2.45. The highest BCUT2D eigenvalue weighted by Gasteiger charge is 2.26. The summed E-state index contributed by atoms with van der Waals surface area (Å²) in [5.74, 6) is -1.43. The van der Waals surface area contributed by atoms with Crippen LogP contribution in [0.5, 0.6) is 0 Å². The van der Waals surface area contributed by atoms with Gasteiger partial charge in [0.15, 0.2) is 0 Å². The van der Waals surface area contributed by atoms with Crippen molar-refractivity contribution in [1.82, 2.24) is 4.90 Å². The van der Waals surface area contributed by atoms with Crippen LogP contribution >= 0.6 is 0 Å². The van der Waals surface area contributed by atoms with Gasteiger partial charge in [0.05, 0.1) is 10.8 Å². The molecule has 0 rings (SSSR count). The van der Waals surface area contributed by atoms with Crippen molar-refractivity contribution >= 4 is 11.9 Å². The second-order valence-corrected chi connectivity index (χ2v) is 8.30. The lowest BCUT2D eigenvalue weighted by molar-refractivity contribution is -0.148. The summed E-state index contributed by atoms with van der Waals surface area (Å²) in [6.07, 6.45) is 7.68. The molecule has 0 aliphatic heterocycles. The van der Waals surface area contributed by atoms with Crippen molar-refractivity contribution in [3.63, 3.8) is 0 Å². The molecule has 5 heteroatoms. The van der Waals surface area contributed by atoms with Crippen LogP contribution in [0.2, 0.25) is 0 Å². The van der Waals surface area contributed by atoms with E-state index in [4.69, 9.17) is 10.2 Å². The number of rotatable bonds is 14. The van der Waals surface area contributed by atoms with Crippen LogP contribution in [0.1, 0.15) is 79.1 Å². The highest BCUT2D eigenvalue weighted by Crippen LogP contribution is 2.24. The number of aliphatic carboxylic acids is 2. The Hall–Kier alpha value is -1.10. The molecule has 0 heterocycles. The van der Waals surface area contributed by atoms with Crippen molar-refractivity contribution in [2.75, 3.05) is 20.1 Å². The molecule has 24 heavy (non-hydrogen) atoms. The van der Waals surface area contributed by atoms with Crippen LogP contribution in [0.15, 0.2) is 0 Å². The van der Waals surface area contributed by atoms with Gasteiger partial charge in [0.1, 0.15) is 0 Å². The van der Waals surface area contributed by atoms with Crippen LogP contribution in [0.3, 0.4) is 0 Å². The van der Waals surface area contributed by atoms with E-state index in [1.165, 1.54) is 0 Å². The number of nitrogens with zero attached hydrogens (tertiary/aromatic N) is 1. The zero-order chi connectivity index (χ0) is 18.8. The van der Waals surface area contributed by atoms with Crippen LogP contribution in [0, 0.1) is 10.8 Å². The molecule has 0 bridgehead atoms. The molecule has 0 aromatic carbocycles. The van der Waals surface area contributed by atoms with Gasteiger partial charge in [0.25, 0.3) is 0 Å². The fraction of sp³-hybridized carbons (Fsp3) is 0.895. The normalized spacial score (nSPS) is 12.6. The molecule has 0 unspecified atom stereocenters. The van der Waals surface area contributed by atoms with Crippen molar-refractivity contribution < 1.29 is 19.8 Å². The minimum Gasteiger partial charge on any atom is -0.481 e. The molecule has 0 fully saturated rings. The Morgan fingerprint density at radius 3 is 1.33 bits per heavy atom. The van der Waals surface area contributed by atoms with Crippen LogP contribution < -0.4 is 0 Å². The van der Waals surface area contributed by atoms with E-state index in [1.54, 1.807) is 27.7 Å². The first-order valence-corrected chi connectivity index (χ1v) is 9.14. The van der Waals surface area contributed by atoms with Gasteiger partial charge in [-0.15, -0.1) is 0 Å². The third kappa shape index (κ3) is 9.91. The van der Waals surface area contributed by atoms with Gasteiger partial charge in [-0.2, -0.15) is 0 Å². The largest absolute Gasteiger partial charge is 0.481 e. The molecule has 0 aliphatic carbocycles. The fourth-order valence-electron chi connectivity index (χ4n) is 2.58. The first-order valence-electron chi connectivity index (χ1n) is 9.14. The quantitative estimate of drug-likeness (QED) is 0.461. The van der Waals surface area contributed by atoms with Crippen molar-refractivity contribution in [1.29, 1.82) is 0 Å². The first kappa shape index (κ1) is 22.9. The van der Waals surface area contributed by atoms with Crippen molar-refractivity contribution in [3.8, 4) is 0 Å². The van der Waals surface area contributed by atoms with Crippen molar-refractivity contribution in [2.45, 2.75) is 79.1 Å². The average molecular weight is 344 g/mol. The molecule has 5 nitrogen and oxygen atoms in total.